The van der Waals surface area contributed by atoms with Crippen molar-refractivity contribution in [1.29, 1.82) is 0 Å². The molecule has 0 atom stereocenters. The minimum Gasteiger partial charge on any atom is -0.256 e. The SMILES string of the molecule is c1cnc2ccc(Cc3cnc4ccc(-c5cnc6ccccc6c5)nn34)cc2c1. The summed E-state index contributed by atoms with van der Waals surface area (Å²) in [6, 6.07) is 24.7. The highest BCUT2D eigenvalue weighted by Crippen LogP contribution is 2.22. The van der Waals surface area contributed by atoms with Crippen molar-refractivity contribution in [3.63, 3.8) is 0 Å². The fourth-order valence-electron chi connectivity index (χ4n) is 3.85. The lowest BCUT2D eigenvalue weighted by Gasteiger charge is -2.06. The number of hydrogen-bond acceptors (Lipinski definition) is 4. The van der Waals surface area contributed by atoms with Crippen LogP contribution in [0, 0.1) is 0 Å². The third-order valence-electron chi connectivity index (χ3n) is 5.37. The maximum absolute atomic E-state index is 4.87. The van der Waals surface area contributed by atoms with Gasteiger partial charge in [-0.15, -0.1) is 0 Å². The second-order valence-corrected chi connectivity index (χ2v) is 7.36. The Kier molecular flexibility index (Phi) is 3.77. The number of imidazole rings is 1. The largest absolute Gasteiger partial charge is 0.256 e. The van der Waals surface area contributed by atoms with E-state index in [0.717, 1.165) is 50.8 Å². The smallest absolute Gasteiger partial charge is 0.153 e. The molecule has 0 saturated carbocycles. The van der Waals surface area contributed by atoms with Crippen molar-refractivity contribution < 1.29 is 0 Å². The van der Waals surface area contributed by atoms with E-state index in [2.05, 4.69) is 51.4 Å². The lowest BCUT2D eigenvalue weighted by Crippen LogP contribution is -2.00. The Balaban J connectivity index is 1.40. The summed E-state index contributed by atoms with van der Waals surface area (Å²) < 4.78 is 1.93. The summed E-state index contributed by atoms with van der Waals surface area (Å²) in [6.45, 7) is 0. The van der Waals surface area contributed by atoms with Gasteiger partial charge in [-0.25, -0.2) is 9.50 Å². The molecule has 0 aliphatic heterocycles. The maximum atomic E-state index is 4.87. The molecular weight excluding hydrogens is 370 g/mol. The first-order valence-electron chi connectivity index (χ1n) is 9.86. The lowest BCUT2D eigenvalue weighted by molar-refractivity contribution is 0.876. The zero-order valence-corrected chi connectivity index (χ0v) is 16.1. The maximum Gasteiger partial charge on any atom is 0.153 e. The van der Waals surface area contributed by atoms with Gasteiger partial charge in [0.15, 0.2) is 5.65 Å². The Labute approximate surface area is 172 Å². The first-order chi connectivity index (χ1) is 14.8. The van der Waals surface area contributed by atoms with Crippen LogP contribution in [0.1, 0.15) is 11.3 Å². The van der Waals surface area contributed by atoms with E-state index in [4.69, 9.17) is 5.10 Å². The molecule has 6 aromatic rings. The van der Waals surface area contributed by atoms with E-state index in [-0.39, 0.29) is 0 Å². The minimum atomic E-state index is 0.748. The average molecular weight is 387 g/mol. The topological polar surface area (TPSA) is 56.0 Å². The molecule has 0 unspecified atom stereocenters. The van der Waals surface area contributed by atoms with Crippen LogP contribution < -0.4 is 0 Å². The van der Waals surface area contributed by atoms with Gasteiger partial charge in [0.25, 0.3) is 0 Å². The third-order valence-corrected chi connectivity index (χ3v) is 5.37. The molecule has 5 nitrogen and oxygen atoms in total. The van der Waals surface area contributed by atoms with Gasteiger partial charge in [-0.1, -0.05) is 30.3 Å². The van der Waals surface area contributed by atoms with Crippen molar-refractivity contribution in [2.75, 3.05) is 0 Å². The summed E-state index contributed by atoms with van der Waals surface area (Å²) in [6.07, 6.45) is 6.35. The van der Waals surface area contributed by atoms with Crippen molar-refractivity contribution >= 4 is 27.5 Å². The molecule has 0 spiro atoms. The van der Waals surface area contributed by atoms with E-state index < -0.39 is 0 Å². The summed E-state index contributed by atoms with van der Waals surface area (Å²) in [5.41, 5.74) is 6.94. The standard InChI is InChI=1S/C25H17N5/c1-2-6-22-19(4-1)14-20(15-27-22)24-9-10-25-28-16-21(30(25)29-24)13-17-7-8-23-18(12-17)5-3-11-26-23/h1-12,14-16H,13H2. The predicted molar refractivity (Wildman–Crippen MR) is 118 cm³/mol. The van der Waals surface area contributed by atoms with Crippen LogP contribution >= 0.6 is 0 Å². The van der Waals surface area contributed by atoms with E-state index in [0.29, 0.717) is 0 Å². The van der Waals surface area contributed by atoms with Crippen LogP contribution in [-0.4, -0.2) is 24.6 Å². The molecule has 142 valence electrons. The van der Waals surface area contributed by atoms with E-state index in [9.17, 15) is 0 Å². The molecule has 0 saturated heterocycles. The quantitative estimate of drug-likeness (QED) is 0.425. The molecule has 30 heavy (non-hydrogen) atoms. The second kappa shape index (κ2) is 6.74. The number of benzene rings is 2. The minimum absolute atomic E-state index is 0.748. The van der Waals surface area contributed by atoms with Gasteiger partial charge < -0.3 is 0 Å². The highest BCUT2D eigenvalue weighted by Gasteiger charge is 2.09. The lowest BCUT2D eigenvalue weighted by atomic mass is 10.1. The van der Waals surface area contributed by atoms with Crippen molar-refractivity contribution in [2.45, 2.75) is 6.42 Å². The molecule has 0 radical (unpaired) electrons. The highest BCUT2D eigenvalue weighted by molar-refractivity contribution is 5.83. The number of nitrogens with zero attached hydrogens (tertiary/aromatic N) is 5. The molecule has 2 aromatic carbocycles. The van der Waals surface area contributed by atoms with Gasteiger partial charge >= 0.3 is 0 Å². The number of rotatable bonds is 3. The molecule has 0 aliphatic carbocycles. The van der Waals surface area contributed by atoms with Crippen molar-refractivity contribution in [1.82, 2.24) is 24.6 Å². The van der Waals surface area contributed by atoms with Crippen molar-refractivity contribution in [3.8, 4) is 11.3 Å². The second-order valence-electron chi connectivity index (χ2n) is 7.36. The fourth-order valence-corrected chi connectivity index (χ4v) is 3.85. The van der Waals surface area contributed by atoms with Gasteiger partial charge in [0, 0.05) is 35.2 Å². The van der Waals surface area contributed by atoms with E-state index in [1.165, 1.54) is 5.56 Å². The van der Waals surface area contributed by atoms with Gasteiger partial charge in [-0.2, -0.15) is 5.10 Å². The normalized spacial score (nSPS) is 11.5. The molecule has 6 rings (SSSR count). The molecular formula is C25H17N5. The van der Waals surface area contributed by atoms with Gasteiger partial charge in [-0.3, -0.25) is 9.97 Å². The van der Waals surface area contributed by atoms with Crippen LogP contribution in [0.15, 0.2) is 91.4 Å². The van der Waals surface area contributed by atoms with Crippen LogP contribution in [0.5, 0.6) is 0 Å². The van der Waals surface area contributed by atoms with E-state index in [1.807, 2.05) is 59.5 Å². The van der Waals surface area contributed by atoms with Crippen LogP contribution in [0.3, 0.4) is 0 Å². The molecule has 0 fully saturated rings. The first kappa shape index (κ1) is 16.8. The molecule has 5 heteroatoms. The molecule has 0 aliphatic rings. The highest BCUT2D eigenvalue weighted by atomic mass is 15.3. The van der Waals surface area contributed by atoms with Gasteiger partial charge in [-0.05, 0) is 48.0 Å². The predicted octanol–water partition coefficient (Wildman–Crippen LogP) is 5.08. The van der Waals surface area contributed by atoms with E-state index in [1.54, 1.807) is 0 Å². The Hall–Kier alpha value is -4.12. The molecule has 4 heterocycles. The molecule has 0 amide bonds. The number of pyridine rings is 2. The summed E-state index contributed by atoms with van der Waals surface area (Å²) in [7, 11) is 0. The average Bonchev–Trinajstić information content (AvgIpc) is 3.20. The van der Waals surface area contributed by atoms with Crippen LogP contribution in [-0.2, 0) is 6.42 Å². The van der Waals surface area contributed by atoms with Crippen LogP contribution in [0.2, 0.25) is 0 Å². The summed E-state index contributed by atoms with van der Waals surface area (Å²) >= 11 is 0. The van der Waals surface area contributed by atoms with Crippen LogP contribution in [0.25, 0.3) is 38.7 Å². The molecule has 0 bridgehead atoms. The number of aromatic nitrogens is 5. The van der Waals surface area contributed by atoms with E-state index >= 15 is 0 Å². The Morgan fingerprint density at radius 2 is 1.57 bits per heavy atom. The number of hydrogen-bond donors (Lipinski definition) is 0. The third kappa shape index (κ3) is 2.88. The van der Waals surface area contributed by atoms with Crippen molar-refractivity contribution in [2.24, 2.45) is 0 Å². The zero-order chi connectivity index (χ0) is 19.9. The number of fused-ring (bicyclic) bond motifs is 3. The monoisotopic (exact) mass is 387 g/mol. The zero-order valence-electron chi connectivity index (χ0n) is 16.1. The first-order valence-corrected chi connectivity index (χ1v) is 9.86. The Bertz CT molecular complexity index is 1530. The van der Waals surface area contributed by atoms with Crippen molar-refractivity contribution in [3.05, 3.63) is 103 Å². The van der Waals surface area contributed by atoms with Gasteiger partial charge in [0.1, 0.15) is 0 Å². The van der Waals surface area contributed by atoms with Gasteiger partial charge in [0.2, 0.25) is 0 Å². The Morgan fingerprint density at radius 3 is 2.57 bits per heavy atom. The molecule has 4 aromatic heterocycles. The summed E-state index contributed by atoms with van der Waals surface area (Å²) in [5, 5.41) is 7.12. The molecule has 0 N–H and O–H groups in total. The summed E-state index contributed by atoms with van der Waals surface area (Å²) in [4.78, 5) is 13.5. The van der Waals surface area contributed by atoms with Crippen LogP contribution in [0.4, 0.5) is 0 Å². The summed E-state index contributed by atoms with van der Waals surface area (Å²) in [5.74, 6) is 0. The number of para-hydroxylation sites is 1. The Morgan fingerprint density at radius 1 is 0.700 bits per heavy atom. The fraction of sp³-hybridized carbons (Fsp3) is 0.0400. The van der Waals surface area contributed by atoms with Gasteiger partial charge in [0.05, 0.1) is 28.6 Å².